The Bertz CT molecular complexity index is 1160. The van der Waals surface area contributed by atoms with Crippen molar-refractivity contribution >= 4 is 23.6 Å². The maximum absolute atomic E-state index is 12.8. The van der Waals surface area contributed by atoms with Gasteiger partial charge in [-0.1, -0.05) is 48.5 Å². The highest BCUT2D eigenvalue weighted by molar-refractivity contribution is 6.31. The number of anilines is 1. The third kappa shape index (κ3) is 4.28. The zero-order chi connectivity index (χ0) is 21.8. The highest BCUT2D eigenvalue weighted by Crippen LogP contribution is 2.30. The number of rotatable bonds is 6. The summed E-state index contributed by atoms with van der Waals surface area (Å²) in [5.41, 5.74) is 6.15. The van der Waals surface area contributed by atoms with Gasteiger partial charge in [-0.2, -0.15) is 0 Å². The van der Waals surface area contributed by atoms with Crippen molar-refractivity contribution in [1.29, 1.82) is 0 Å². The van der Waals surface area contributed by atoms with Crippen LogP contribution in [0.1, 0.15) is 16.7 Å². The number of amides is 2. The third-order valence-corrected chi connectivity index (χ3v) is 5.05. The highest BCUT2D eigenvalue weighted by atomic mass is 16.5. The van der Waals surface area contributed by atoms with E-state index in [2.05, 4.69) is 5.43 Å². The molecule has 156 valence electrons. The van der Waals surface area contributed by atoms with Gasteiger partial charge >= 0.3 is 0 Å². The normalized spacial score (nSPS) is 14.6. The number of aryl methyl sites for hydroxylation is 1. The molecule has 1 heterocycles. The van der Waals surface area contributed by atoms with Gasteiger partial charge in [0, 0.05) is 0 Å². The molecule has 2 amide bonds. The molecule has 0 unspecified atom stereocenters. The summed E-state index contributed by atoms with van der Waals surface area (Å²) in [4.78, 5) is 25.1. The second-order valence-electron chi connectivity index (χ2n) is 7.10. The molecule has 0 aliphatic carbocycles. The van der Waals surface area contributed by atoms with Crippen molar-refractivity contribution in [2.45, 2.75) is 13.5 Å². The Morgan fingerprint density at radius 1 is 0.935 bits per heavy atom. The smallest absolute Gasteiger partial charge is 0.282 e. The van der Waals surface area contributed by atoms with Crippen LogP contribution in [0.5, 0.6) is 11.5 Å². The lowest BCUT2D eigenvalue weighted by molar-refractivity contribution is -0.117. The molecule has 0 aromatic heterocycles. The van der Waals surface area contributed by atoms with Crippen LogP contribution in [-0.4, -0.2) is 18.9 Å². The van der Waals surface area contributed by atoms with Gasteiger partial charge in [0.25, 0.3) is 11.8 Å². The van der Waals surface area contributed by atoms with Crippen molar-refractivity contribution in [3.63, 3.8) is 0 Å². The highest BCUT2D eigenvalue weighted by Gasteiger charge is 2.34. The summed E-state index contributed by atoms with van der Waals surface area (Å²) in [6.07, 6.45) is 1.55. The van der Waals surface area contributed by atoms with Crippen molar-refractivity contribution in [2.24, 2.45) is 0 Å². The van der Waals surface area contributed by atoms with E-state index in [4.69, 9.17) is 9.47 Å². The number of ether oxygens (including phenoxy) is 2. The standard InChI is InChI=1S/C25H22N2O4/c1-17-8-6-7-9-19(17)16-31-22-13-12-18(15-23(22)30-2)14-21-24(28)26-27(25(21)29)20-10-4-3-5-11-20/h3-15H,16H2,1-2H3,(H,26,28)/b21-14-. The van der Waals surface area contributed by atoms with E-state index < -0.39 is 11.8 Å². The molecule has 1 aliphatic heterocycles. The lowest BCUT2D eigenvalue weighted by Crippen LogP contribution is -2.35. The van der Waals surface area contributed by atoms with Crippen LogP contribution in [0.3, 0.4) is 0 Å². The number of carbonyl (C=O) groups excluding carboxylic acids is 2. The largest absolute Gasteiger partial charge is 0.493 e. The van der Waals surface area contributed by atoms with Crippen molar-refractivity contribution in [2.75, 3.05) is 12.1 Å². The van der Waals surface area contributed by atoms with E-state index in [1.807, 2.05) is 37.3 Å². The molecule has 1 fully saturated rings. The predicted molar refractivity (Wildman–Crippen MR) is 119 cm³/mol. The summed E-state index contributed by atoms with van der Waals surface area (Å²) in [7, 11) is 1.55. The zero-order valence-electron chi connectivity index (χ0n) is 17.3. The third-order valence-electron chi connectivity index (χ3n) is 5.05. The van der Waals surface area contributed by atoms with E-state index in [1.165, 1.54) is 5.01 Å². The average molecular weight is 414 g/mol. The van der Waals surface area contributed by atoms with Crippen LogP contribution < -0.4 is 19.9 Å². The Hall–Kier alpha value is -4.06. The van der Waals surface area contributed by atoms with E-state index in [-0.39, 0.29) is 5.57 Å². The zero-order valence-corrected chi connectivity index (χ0v) is 17.3. The summed E-state index contributed by atoms with van der Waals surface area (Å²) >= 11 is 0. The summed E-state index contributed by atoms with van der Waals surface area (Å²) in [5.74, 6) is 0.248. The van der Waals surface area contributed by atoms with Crippen LogP contribution >= 0.6 is 0 Å². The molecule has 0 bridgehead atoms. The summed E-state index contributed by atoms with van der Waals surface area (Å²) < 4.78 is 11.4. The SMILES string of the molecule is COc1cc(/C=C2/C(=O)NN(c3ccccc3)C2=O)ccc1OCc1ccccc1C. The van der Waals surface area contributed by atoms with E-state index in [0.717, 1.165) is 11.1 Å². The van der Waals surface area contributed by atoms with Crippen molar-refractivity contribution in [3.05, 3.63) is 95.1 Å². The number of hydrazine groups is 1. The number of nitrogens with zero attached hydrogens (tertiary/aromatic N) is 1. The fourth-order valence-electron chi connectivity index (χ4n) is 3.30. The van der Waals surface area contributed by atoms with E-state index >= 15 is 0 Å². The predicted octanol–water partition coefficient (Wildman–Crippen LogP) is 4.04. The molecule has 1 saturated heterocycles. The van der Waals surface area contributed by atoms with Gasteiger partial charge < -0.3 is 9.47 Å². The van der Waals surface area contributed by atoms with E-state index in [1.54, 1.807) is 55.7 Å². The number of nitrogens with one attached hydrogen (secondary N) is 1. The molecule has 3 aromatic carbocycles. The fourth-order valence-corrected chi connectivity index (χ4v) is 3.30. The molecule has 0 atom stereocenters. The molecule has 31 heavy (non-hydrogen) atoms. The summed E-state index contributed by atoms with van der Waals surface area (Å²) in [5, 5.41) is 1.24. The minimum atomic E-state index is -0.451. The Morgan fingerprint density at radius 3 is 2.42 bits per heavy atom. The Labute approximate surface area is 180 Å². The molecule has 0 radical (unpaired) electrons. The molecule has 3 aromatic rings. The van der Waals surface area contributed by atoms with Crippen molar-refractivity contribution in [1.82, 2.24) is 5.43 Å². The minimum Gasteiger partial charge on any atom is -0.493 e. The average Bonchev–Trinajstić information content (AvgIpc) is 3.08. The lowest BCUT2D eigenvalue weighted by Gasteiger charge is -2.14. The summed E-state index contributed by atoms with van der Waals surface area (Å²) in [6.45, 7) is 2.45. The van der Waals surface area contributed by atoms with Crippen LogP contribution in [0.4, 0.5) is 5.69 Å². The first-order chi connectivity index (χ1) is 15.1. The van der Waals surface area contributed by atoms with Gasteiger partial charge in [-0.05, 0) is 54.0 Å². The second kappa shape index (κ2) is 8.75. The Morgan fingerprint density at radius 2 is 1.68 bits per heavy atom. The Kier molecular flexibility index (Phi) is 5.71. The number of benzene rings is 3. The first-order valence-electron chi connectivity index (χ1n) is 9.84. The number of carbonyl (C=O) groups is 2. The van der Waals surface area contributed by atoms with Gasteiger partial charge in [-0.25, -0.2) is 5.01 Å². The van der Waals surface area contributed by atoms with E-state index in [9.17, 15) is 9.59 Å². The maximum Gasteiger partial charge on any atom is 0.282 e. The minimum absolute atomic E-state index is 0.0551. The van der Waals surface area contributed by atoms with Crippen LogP contribution in [-0.2, 0) is 16.2 Å². The quantitative estimate of drug-likeness (QED) is 0.488. The van der Waals surface area contributed by atoms with Gasteiger partial charge in [0.2, 0.25) is 0 Å². The molecule has 1 aliphatic rings. The van der Waals surface area contributed by atoms with Crippen LogP contribution in [0.2, 0.25) is 0 Å². The van der Waals surface area contributed by atoms with Gasteiger partial charge in [0.15, 0.2) is 11.5 Å². The first kappa shape index (κ1) is 20.2. The second-order valence-corrected chi connectivity index (χ2v) is 7.10. The maximum atomic E-state index is 12.8. The van der Waals surface area contributed by atoms with Gasteiger partial charge in [-0.15, -0.1) is 0 Å². The van der Waals surface area contributed by atoms with Crippen molar-refractivity contribution in [3.8, 4) is 11.5 Å². The Balaban J connectivity index is 1.55. The number of para-hydroxylation sites is 1. The monoisotopic (exact) mass is 414 g/mol. The van der Waals surface area contributed by atoms with Gasteiger partial charge in [-0.3, -0.25) is 15.0 Å². The molecular formula is C25H22N2O4. The topological polar surface area (TPSA) is 67.9 Å². The first-order valence-corrected chi connectivity index (χ1v) is 9.84. The fraction of sp³-hybridized carbons (Fsp3) is 0.120. The number of hydrogen-bond donors (Lipinski definition) is 1. The molecular weight excluding hydrogens is 392 g/mol. The molecule has 6 heteroatoms. The van der Waals surface area contributed by atoms with Crippen LogP contribution in [0.25, 0.3) is 6.08 Å². The lowest BCUT2D eigenvalue weighted by atomic mass is 10.1. The molecule has 6 nitrogen and oxygen atoms in total. The van der Waals surface area contributed by atoms with Gasteiger partial charge in [0.05, 0.1) is 12.8 Å². The van der Waals surface area contributed by atoms with E-state index in [0.29, 0.717) is 29.4 Å². The summed E-state index contributed by atoms with van der Waals surface area (Å²) in [6, 6.07) is 22.3. The molecule has 0 saturated carbocycles. The number of hydrogen-bond acceptors (Lipinski definition) is 4. The molecule has 0 spiro atoms. The van der Waals surface area contributed by atoms with Gasteiger partial charge in [0.1, 0.15) is 12.2 Å². The van der Waals surface area contributed by atoms with Crippen LogP contribution in [0.15, 0.2) is 78.4 Å². The molecule has 4 rings (SSSR count). The van der Waals surface area contributed by atoms with Crippen LogP contribution in [0, 0.1) is 6.92 Å². The molecule has 1 N–H and O–H groups in total. The van der Waals surface area contributed by atoms with Crippen molar-refractivity contribution < 1.29 is 19.1 Å². The number of methoxy groups -OCH3 is 1.